The largest absolute Gasteiger partial charge is 0.286 e. The van der Waals surface area contributed by atoms with Gasteiger partial charge in [-0.25, -0.2) is 4.99 Å². The molecular weight excluding hydrogens is 386 g/mol. The molecule has 1 aliphatic rings. The summed E-state index contributed by atoms with van der Waals surface area (Å²) in [7, 11) is 0. The summed E-state index contributed by atoms with van der Waals surface area (Å²) in [6.45, 7) is 6.47. The van der Waals surface area contributed by atoms with E-state index < -0.39 is 4.92 Å². The zero-order valence-corrected chi connectivity index (χ0v) is 17.5. The van der Waals surface area contributed by atoms with Crippen LogP contribution in [-0.2, 0) is 4.79 Å². The Morgan fingerprint density at radius 3 is 2.62 bits per heavy atom. The van der Waals surface area contributed by atoms with Crippen LogP contribution in [0.4, 0.5) is 11.4 Å². The molecule has 7 heteroatoms. The quantitative estimate of drug-likeness (QED) is 0.356. The van der Waals surface area contributed by atoms with Crippen molar-refractivity contribution in [3.05, 3.63) is 74.7 Å². The van der Waals surface area contributed by atoms with Crippen LogP contribution in [-0.4, -0.2) is 27.4 Å². The van der Waals surface area contributed by atoms with Gasteiger partial charge in [-0.05, 0) is 48.4 Å². The lowest BCUT2D eigenvalue weighted by atomic mass is 10.1. The molecule has 6 nitrogen and oxygen atoms in total. The topological polar surface area (TPSA) is 75.8 Å². The molecule has 2 aromatic carbocycles. The number of carbonyl (C=O) groups is 1. The van der Waals surface area contributed by atoms with Crippen LogP contribution in [0, 0.1) is 23.0 Å². The Bertz CT molecular complexity index is 986. The Morgan fingerprint density at radius 1 is 1.24 bits per heavy atom. The number of nitro groups is 1. The van der Waals surface area contributed by atoms with Crippen molar-refractivity contribution >= 4 is 40.3 Å². The van der Waals surface area contributed by atoms with E-state index in [0.29, 0.717) is 33.7 Å². The number of hydrogen-bond acceptors (Lipinski definition) is 5. The second-order valence-corrected chi connectivity index (χ2v) is 8.08. The number of rotatable bonds is 6. The summed E-state index contributed by atoms with van der Waals surface area (Å²) in [6.07, 6.45) is 2.66. The summed E-state index contributed by atoms with van der Waals surface area (Å²) in [5.74, 6) is 0.216. The second kappa shape index (κ2) is 9.05. The molecule has 0 aliphatic carbocycles. The van der Waals surface area contributed by atoms with E-state index in [0.717, 1.165) is 12.1 Å². The first-order valence-corrected chi connectivity index (χ1v) is 10.3. The predicted octanol–water partition coefficient (Wildman–Crippen LogP) is 5.55. The molecular formula is C22H23N3O3S. The summed E-state index contributed by atoms with van der Waals surface area (Å²) in [4.78, 5) is 30.8. The van der Waals surface area contributed by atoms with Crippen molar-refractivity contribution in [1.82, 2.24) is 4.90 Å². The standard InChI is InChI=1S/C22H23N3O3S/c1-4-15(2)14-24-21(26)20(29-22(24)23-18-8-6-5-7-9-18)13-17-11-10-16(3)19(12-17)25(27)28/h5-13,15H,4,14H2,1-3H3/b20-13-,23-22?/t15-/m1/s1. The number of nitrogens with zero attached hydrogens (tertiary/aromatic N) is 3. The van der Waals surface area contributed by atoms with Crippen LogP contribution in [0.5, 0.6) is 0 Å². The fraction of sp³-hybridized carbons (Fsp3) is 0.273. The molecule has 0 saturated carbocycles. The minimum atomic E-state index is -0.404. The Balaban J connectivity index is 1.97. The first-order chi connectivity index (χ1) is 13.9. The SMILES string of the molecule is CC[C@@H](C)CN1C(=O)/C(=C/c2ccc(C)c([N+](=O)[O-])c2)SC1=Nc1ccccc1. The van der Waals surface area contributed by atoms with Crippen LogP contribution in [0.25, 0.3) is 6.08 Å². The van der Waals surface area contributed by atoms with Gasteiger partial charge in [0.05, 0.1) is 15.5 Å². The van der Waals surface area contributed by atoms with Gasteiger partial charge in [0, 0.05) is 18.2 Å². The number of amidine groups is 1. The van der Waals surface area contributed by atoms with E-state index in [-0.39, 0.29) is 11.6 Å². The predicted molar refractivity (Wildman–Crippen MR) is 118 cm³/mol. The van der Waals surface area contributed by atoms with E-state index in [2.05, 4.69) is 18.8 Å². The van der Waals surface area contributed by atoms with Crippen molar-refractivity contribution in [3.8, 4) is 0 Å². The Morgan fingerprint density at radius 2 is 1.97 bits per heavy atom. The molecule has 0 bridgehead atoms. The van der Waals surface area contributed by atoms with E-state index in [9.17, 15) is 14.9 Å². The van der Waals surface area contributed by atoms with Gasteiger partial charge >= 0.3 is 0 Å². The van der Waals surface area contributed by atoms with Crippen LogP contribution in [0.1, 0.15) is 31.4 Å². The maximum Gasteiger partial charge on any atom is 0.272 e. The monoisotopic (exact) mass is 409 g/mol. The molecule has 1 atom stereocenters. The van der Waals surface area contributed by atoms with Gasteiger partial charge in [0.25, 0.3) is 11.6 Å². The summed E-state index contributed by atoms with van der Waals surface area (Å²) in [5.41, 5.74) is 2.04. The normalized spacial score (nSPS) is 17.9. The molecule has 0 unspecified atom stereocenters. The molecule has 29 heavy (non-hydrogen) atoms. The number of aryl methyl sites for hydroxylation is 1. The third-order valence-electron chi connectivity index (χ3n) is 4.79. The molecule has 3 rings (SSSR count). The molecule has 0 spiro atoms. The fourth-order valence-electron chi connectivity index (χ4n) is 2.87. The van der Waals surface area contributed by atoms with Crippen molar-refractivity contribution in [2.45, 2.75) is 27.2 Å². The smallest absolute Gasteiger partial charge is 0.272 e. The molecule has 1 aliphatic heterocycles. The summed E-state index contributed by atoms with van der Waals surface area (Å²) in [6, 6.07) is 14.5. The van der Waals surface area contributed by atoms with Gasteiger partial charge in [0.15, 0.2) is 5.17 Å². The molecule has 2 aromatic rings. The lowest BCUT2D eigenvalue weighted by Gasteiger charge is -2.19. The van der Waals surface area contributed by atoms with Crippen LogP contribution in [0.2, 0.25) is 0 Å². The summed E-state index contributed by atoms with van der Waals surface area (Å²) >= 11 is 1.31. The number of hydrogen-bond donors (Lipinski definition) is 0. The Labute approximate surface area is 174 Å². The number of nitro benzene ring substituents is 1. The molecule has 0 aromatic heterocycles. The Kier molecular flexibility index (Phi) is 6.49. The van der Waals surface area contributed by atoms with Crippen LogP contribution < -0.4 is 0 Å². The summed E-state index contributed by atoms with van der Waals surface area (Å²) in [5, 5.41) is 11.9. The van der Waals surface area contributed by atoms with Gasteiger partial charge in [-0.1, -0.05) is 50.6 Å². The van der Waals surface area contributed by atoms with Gasteiger partial charge < -0.3 is 0 Å². The van der Waals surface area contributed by atoms with Crippen molar-refractivity contribution in [1.29, 1.82) is 0 Å². The van der Waals surface area contributed by atoms with E-state index in [1.54, 1.807) is 30.0 Å². The van der Waals surface area contributed by atoms with Crippen molar-refractivity contribution in [2.75, 3.05) is 6.54 Å². The second-order valence-electron chi connectivity index (χ2n) is 7.07. The van der Waals surface area contributed by atoms with Crippen LogP contribution >= 0.6 is 11.8 Å². The van der Waals surface area contributed by atoms with E-state index in [1.807, 2.05) is 30.3 Å². The van der Waals surface area contributed by atoms with Crippen molar-refractivity contribution in [3.63, 3.8) is 0 Å². The minimum Gasteiger partial charge on any atom is -0.286 e. The number of carbonyl (C=O) groups excluding carboxylic acids is 1. The fourth-order valence-corrected chi connectivity index (χ4v) is 3.88. The molecule has 150 valence electrons. The number of amides is 1. The summed E-state index contributed by atoms with van der Waals surface area (Å²) < 4.78 is 0. The molecule has 0 N–H and O–H groups in total. The first-order valence-electron chi connectivity index (χ1n) is 9.49. The number of benzene rings is 2. The lowest BCUT2D eigenvalue weighted by Crippen LogP contribution is -2.33. The maximum absolute atomic E-state index is 13.1. The molecule has 1 saturated heterocycles. The van der Waals surface area contributed by atoms with E-state index in [1.165, 1.54) is 17.8 Å². The third kappa shape index (κ3) is 4.92. The van der Waals surface area contributed by atoms with E-state index >= 15 is 0 Å². The average Bonchev–Trinajstić information content (AvgIpc) is 2.98. The number of thioether (sulfide) groups is 1. The highest BCUT2D eigenvalue weighted by Crippen LogP contribution is 2.35. The highest BCUT2D eigenvalue weighted by Gasteiger charge is 2.34. The van der Waals surface area contributed by atoms with Crippen molar-refractivity contribution < 1.29 is 9.72 Å². The number of para-hydroxylation sites is 1. The van der Waals surface area contributed by atoms with E-state index in [4.69, 9.17) is 0 Å². The molecule has 1 fully saturated rings. The maximum atomic E-state index is 13.1. The zero-order valence-electron chi connectivity index (χ0n) is 16.7. The minimum absolute atomic E-state index is 0.0458. The third-order valence-corrected chi connectivity index (χ3v) is 5.79. The van der Waals surface area contributed by atoms with Crippen molar-refractivity contribution in [2.24, 2.45) is 10.9 Å². The highest BCUT2D eigenvalue weighted by molar-refractivity contribution is 8.18. The van der Waals surface area contributed by atoms with Gasteiger partial charge in [0.1, 0.15) is 0 Å². The highest BCUT2D eigenvalue weighted by atomic mass is 32.2. The Hall–Kier alpha value is -2.93. The molecule has 0 radical (unpaired) electrons. The number of aliphatic imine (C=N–C) groups is 1. The van der Waals surface area contributed by atoms with Gasteiger partial charge in [-0.2, -0.15) is 0 Å². The van der Waals surface area contributed by atoms with Gasteiger partial charge in [-0.3, -0.25) is 19.8 Å². The van der Waals surface area contributed by atoms with Gasteiger partial charge in [0.2, 0.25) is 0 Å². The van der Waals surface area contributed by atoms with Crippen LogP contribution in [0.3, 0.4) is 0 Å². The first kappa shape index (κ1) is 20.8. The zero-order chi connectivity index (χ0) is 21.0. The van der Waals surface area contributed by atoms with Gasteiger partial charge in [-0.15, -0.1) is 0 Å². The molecule has 1 amide bonds. The average molecular weight is 410 g/mol. The lowest BCUT2D eigenvalue weighted by molar-refractivity contribution is -0.385. The molecule has 1 heterocycles. The van der Waals surface area contributed by atoms with Crippen LogP contribution in [0.15, 0.2) is 58.4 Å².